The van der Waals surface area contributed by atoms with Crippen molar-refractivity contribution in [3.05, 3.63) is 12.7 Å². The maximum absolute atomic E-state index is 13.5. The molecule has 0 unspecified atom stereocenters. The van der Waals surface area contributed by atoms with E-state index in [4.69, 9.17) is 10.5 Å². The number of carbonyl (C=O) groups is 2. The second-order valence-electron chi connectivity index (χ2n) is 8.26. The Balaban J connectivity index is 2.17. The lowest BCUT2D eigenvalue weighted by Crippen LogP contribution is -2.53. The number of hydrogen-bond acceptors (Lipinski definition) is 8. The fraction of sp³-hybridized carbons (Fsp3) is 0.588. The summed E-state index contributed by atoms with van der Waals surface area (Å²) < 4.78 is 20.9. The number of anilines is 1. The first-order valence-corrected chi connectivity index (χ1v) is 11.2. The zero-order valence-corrected chi connectivity index (χ0v) is 18.9. The van der Waals surface area contributed by atoms with Gasteiger partial charge in [-0.05, 0) is 34.6 Å². The molecule has 0 radical (unpaired) electrons. The van der Waals surface area contributed by atoms with Crippen molar-refractivity contribution in [1.29, 1.82) is 0 Å². The van der Waals surface area contributed by atoms with Crippen LogP contribution in [0.15, 0.2) is 12.7 Å². The van der Waals surface area contributed by atoms with Crippen LogP contribution < -0.4 is 15.9 Å². The molecule has 13 nitrogen and oxygen atoms in total. The standard InChI is InChI=1S/C17H28N7O6P/c1-10(6-24-8-21-11-12(18)19-7-20-13(11)24)30-9-31(29,22-16(2,3)14(25)26)23-17(4,5)15(27)28/h7-8,10H,6,9H2,1-5H3,(H,25,26)(H,27,28)(H2,18,19,20)(H2,22,23,29)/t10-/m1/s1. The number of nitrogens with two attached hydrogens (primary N) is 1. The van der Waals surface area contributed by atoms with Crippen LogP contribution in [0.5, 0.6) is 0 Å². The lowest BCUT2D eigenvalue weighted by molar-refractivity contribution is -0.143. The van der Waals surface area contributed by atoms with E-state index in [9.17, 15) is 24.4 Å². The van der Waals surface area contributed by atoms with Crippen LogP contribution in [0.25, 0.3) is 11.2 Å². The molecule has 0 amide bonds. The first kappa shape index (κ1) is 24.7. The zero-order chi connectivity index (χ0) is 23.6. The molecule has 2 heterocycles. The van der Waals surface area contributed by atoms with Crippen LogP contribution in [0.4, 0.5) is 5.82 Å². The van der Waals surface area contributed by atoms with Crippen LogP contribution in [0.1, 0.15) is 34.6 Å². The van der Waals surface area contributed by atoms with Gasteiger partial charge < -0.3 is 25.3 Å². The zero-order valence-electron chi connectivity index (χ0n) is 18.0. The van der Waals surface area contributed by atoms with Crippen molar-refractivity contribution in [2.24, 2.45) is 0 Å². The molecule has 0 bridgehead atoms. The molecule has 0 aliphatic carbocycles. The number of fused-ring (bicyclic) bond motifs is 1. The van der Waals surface area contributed by atoms with E-state index in [1.165, 1.54) is 40.3 Å². The number of aromatic nitrogens is 4. The molecule has 0 aliphatic rings. The van der Waals surface area contributed by atoms with Gasteiger partial charge in [0.25, 0.3) is 0 Å². The number of ether oxygens (including phenoxy) is 1. The molecule has 2 rings (SSSR count). The van der Waals surface area contributed by atoms with E-state index in [1.807, 2.05) is 0 Å². The van der Waals surface area contributed by atoms with E-state index in [0.717, 1.165) is 0 Å². The lowest BCUT2D eigenvalue weighted by atomic mass is 10.1. The molecule has 0 saturated carbocycles. The van der Waals surface area contributed by atoms with E-state index in [1.54, 1.807) is 11.5 Å². The minimum Gasteiger partial charge on any atom is -0.480 e. The first-order valence-electron chi connectivity index (χ1n) is 9.34. The number of carboxylic acid groups (broad SMARTS) is 2. The molecule has 31 heavy (non-hydrogen) atoms. The van der Waals surface area contributed by atoms with E-state index < -0.39 is 42.9 Å². The number of rotatable bonds is 11. The molecular weight excluding hydrogens is 429 g/mol. The minimum absolute atomic E-state index is 0.238. The molecule has 0 aliphatic heterocycles. The number of hydrogen-bond donors (Lipinski definition) is 5. The van der Waals surface area contributed by atoms with Gasteiger partial charge in [-0.2, -0.15) is 0 Å². The molecule has 172 valence electrons. The fourth-order valence-electron chi connectivity index (χ4n) is 2.69. The van der Waals surface area contributed by atoms with Crippen molar-refractivity contribution in [2.45, 2.75) is 58.3 Å². The van der Waals surface area contributed by atoms with Crippen molar-refractivity contribution >= 4 is 36.4 Å². The summed E-state index contributed by atoms with van der Waals surface area (Å²) in [6.45, 7) is 7.28. The number of imidazole rings is 1. The van der Waals surface area contributed by atoms with Gasteiger partial charge in [0.05, 0.1) is 19.0 Å². The van der Waals surface area contributed by atoms with Gasteiger partial charge in [0.1, 0.15) is 29.3 Å². The van der Waals surface area contributed by atoms with Crippen LogP contribution in [0, 0.1) is 0 Å². The normalized spacial score (nSPS) is 14.0. The van der Waals surface area contributed by atoms with Crippen molar-refractivity contribution in [2.75, 3.05) is 12.1 Å². The molecule has 0 aromatic carbocycles. The first-order chi connectivity index (χ1) is 14.2. The molecule has 14 heteroatoms. The van der Waals surface area contributed by atoms with E-state index >= 15 is 0 Å². The summed E-state index contributed by atoms with van der Waals surface area (Å²) in [5, 5.41) is 23.8. The summed E-state index contributed by atoms with van der Waals surface area (Å²) in [5.41, 5.74) is 3.52. The third-order valence-corrected chi connectivity index (χ3v) is 6.77. The Morgan fingerprint density at radius 1 is 1.16 bits per heavy atom. The highest BCUT2D eigenvalue weighted by atomic mass is 31.2. The summed E-state index contributed by atoms with van der Waals surface area (Å²) >= 11 is 0. The van der Waals surface area contributed by atoms with Crippen molar-refractivity contribution in [3.63, 3.8) is 0 Å². The second kappa shape index (κ2) is 8.87. The summed E-state index contributed by atoms with van der Waals surface area (Å²) in [5.74, 6) is -2.27. The molecule has 0 saturated heterocycles. The summed E-state index contributed by atoms with van der Waals surface area (Å²) in [6, 6.07) is 0. The highest BCUT2D eigenvalue weighted by molar-refractivity contribution is 7.59. The van der Waals surface area contributed by atoms with Gasteiger partial charge >= 0.3 is 11.9 Å². The van der Waals surface area contributed by atoms with Crippen LogP contribution in [0.3, 0.4) is 0 Å². The van der Waals surface area contributed by atoms with Crippen molar-refractivity contribution < 1.29 is 29.1 Å². The Morgan fingerprint density at radius 2 is 1.71 bits per heavy atom. The van der Waals surface area contributed by atoms with Crippen LogP contribution in [-0.4, -0.2) is 65.2 Å². The van der Waals surface area contributed by atoms with Gasteiger partial charge in [-0.1, -0.05) is 0 Å². The number of nitrogens with one attached hydrogen (secondary N) is 2. The lowest BCUT2D eigenvalue weighted by Gasteiger charge is -2.34. The summed E-state index contributed by atoms with van der Waals surface area (Å²) in [6.07, 6.45) is 1.87. The van der Waals surface area contributed by atoms with Gasteiger partial charge in [-0.3, -0.25) is 14.2 Å². The Morgan fingerprint density at radius 3 is 2.23 bits per heavy atom. The second-order valence-corrected chi connectivity index (χ2v) is 10.4. The average Bonchev–Trinajstić information content (AvgIpc) is 3.03. The van der Waals surface area contributed by atoms with Gasteiger partial charge in [-0.15, -0.1) is 0 Å². The maximum Gasteiger partial charge on any atom is 0.323 e. The van der Waals surface area contributed by atoms with Gasteiger partial charge in [-0.25, -0.2) is 25.1 Å². The average molecular weight is 457 g/mol. The smallest absolute Gasteiger partial charge is 0.323 e. The predicted octanol–water partition coefficient (Wildman–Crippen LogP) is 0.870. The molecule has 0 spiro atoms. The van der Waals surface area contributed by atoms with Crippen LogP contribution in [0.2, 0.25) is 0 Å². The molecule has 2 aromatic heterocycles. The van der Waals surface area contributed by atoms with Gasteiger partial charge in [0.2, 0.25) is 7.44 Å². The Kier molecular flexibility index (Phi) is 7.06. The summed E-state index contributed by atoms with van der Waals surface area (Å²) in [4.78, 5) is 35.2. The number of nitrogen functional groups attached to an aromatic ring is 1. The molecule has 6 N–H and O–H groups in total. The van der Waals surface area contributed by atoms with Crippen LogP contribution >= 0.6 is 7.44 Å². The fourth-order valence-corrected chi connectivity index (χ4v) is 5.33. The highest BCUT2D eigenvalue weighted by Crippen LogP contribution is 2.41. The Hall–Kier alpha value is -2.60. The quantitative estimate of drug-likeness (QED) is 0.299. The third kappa shape index (κ3) is 5.97. The molecule has 0 fully saturated rings. The molecule has 2 aromatic rings. The van der Waals surface area contributed by atoms with Gasteiger partial charge in [0, 0.05) is 0 Å². The van der Waals surface area contributed by atoms with E-state index in [2.05, 4.69) is 25.1 Å². The van der Waals surface area contributed by atoms with Crippen molar-refractivity contribution in [1.82, 2.24) is 29.7 Å². The van der Waals surface area contributed by atoms with Crippen molar-refractivity contribution in [3.8, 4) is 0 Å². The third-order valence-electron chi connectivity index (χ3n) is 4.41. The highest BCUT2D eigenvalue weighted by Gasteiger charge is 2.41. The van der Waals surface area contributed by atoms with E-state index in [0.29, 0.717) is 11.2 Å². The summed E-state index contributed by atoms with van der Waals surface area (Å²) in [7, 11) is -3.82. The van der Waals surface area contributed by atoms with Crippen LogP contribution in [-0.2, 0) is 25.4 Å². The molecular formula is C17H28N7O6P. The Labute approximate surface area is 178 Å². The number of carboxylic acids is 2. The number of nitrogens with zero attached hydrogens (tertiary/aromatic N) is 4. The maximum atomic E-state index is 13.5. The largest absolute Gasteiger partial charge is 0.480 e. The minimum atomic E-state index is -3.82. The van der Waals surface area contributed by atoms with Gasteiger partial charge in [0.15, 0.2) is 11.5 Å². The Bertz CT molecular complexity index is 990. The topological polar surface area (TPSA) is 195 Å². The SMILES string of the molecule is C[C@H](Cn1cnc2c(N)ncnc21)OCP(=O)(NC(C)(C)C(=O)O)NC(C)(C)C(=O)O. The molecule has 1 atom stereocenters. The predicted molar refractivity (Wildman–Crippen MR) is 112 cm³/mol. The number of aliphatic carboxylic acids is 2. The monoisotopic (exact) mass is 457 g/mol. The van der Waals surface area contributed by atoms with E-state index in [-0.39, 0.29) is 12.4 Å².